The van der Waals surface area contributed by atoms with Crippen molar-refractivity contribution in [2.75, 3.05) is 63.7 Å². The van der Waals surface area contributed by atoms with Crippen LogP contribution in [0.5, 0.6) is 0 Å². The van der Waals surface area contributed by atoms with Gasteiger partial charge in [-0.05, 0) is 40.9 Å². The molecule has 0 spiro atoms. The molecule has 1 amide bonds. The van der Waals surface area contributed by atoms with E-state index in [1.165, 1.54) is 0 Å². The van der Waals surface area contributed by atoms with Crippen LogP contribution in [-0.2, 0) is 11.3 Å². The molecular formula is C18H30N6O2. The molecule has 1 aromatic rings. The summed E-state index contributed by atoms with van der Waals surface area (Å²) in [5.41, 5.74) is 1.47. The Morgan fingerprint density at radius 3 is 2.62 bits per heavy atom. The summed E-state index contributed by atoms with van der Waals surface area (Å²) in [5.74, 6) is 1.43. The maximum atomic E-state index is 12.8. The number of anilines is 2. The summed E-state index contributed by atoms with van der Waals surface area (Å²) in [6.07, 6.45) is 1.01. The summed E-state index contributed by atoms with van der Waals surface area (Å²) in [4.78, 5) is 28.3. The first-order valence-electron chi connectivity index (χ1n) is 9.40. The molecule has 0 radical (unpaired) electrons. The predicted molar refractivity (Wildman–Crippen MR) is 102 cm³/mol. The van der Waals surface area contributed by atoms with E-state index < -0.39 is 0 Å². The quantitative estimate of drug-likeness (QED) is 0.727. The Hall–Kier alpha value is -1.93. The number of rotatable bonds is 7. The fourth-order valence-electron chi connectivity index (χ4n) is 3.25. The molecule has 2 aliphatic rings. The number of carbonyl (C=O) groups excluding carboxylic acids is 1. The van der Waals surface area contributed by atoms with Gasteiger partial charge in [-0.2, -0.15) is 4.98 Å². The summed E-state index contributed by atoms with van der Waals surface area (Å²) < 4.78 is 5.42. The van der Waals surface area contributed by atoms with Crippen molar-refractivity contribution in [3.8, 4) is 0 Å². The molecule has 3 heterocycles. The zero-order chi connectivity index (χ0) is 18.7. The first-order chi connectivity index (χ1) is 12.5. The van der Waals surface area contributed by atoms with Gasteiger partial charge >= 0.3 is 0 Å². The molecule has 1 aromatic heterocycles. The van der Waals surface area contributed by atoms with Gasteiger partial charge in [0.1, 0.15) is 11.5 Å². The predicted octanol–water partition coefficient (Wildman–Crippen LogP) is 1.04. The first kappa shape index (κ1) is 18.8. The van der Waals surface area contributed by atoms with E-state index >= 15 is 0 Å². The average Bonchev–Trinajstić information content (AvgIpc) is 2.96. The van der Waals surface area contributed by atoms with Gasteiger partial charge in [-0.1, -0.05) is 0 Å². The molecule has 0 atom stereocenters. The van der Waals surface area contributed by atoms with Crippen molar-refractivity contribution in [2.24, 2.45) is 0 Å². The summed E-state index contributed by atoms with van der Waals surface area (Å²) in [5, 5.41) is 3.45. The third kappa shape index (κ3) is 4.07. The van der Waals surface area contributed by atoms with E-state index in [-0.39, 0.29) is 11.9 Å². The lowest BCUT2D eigenvalue weighted by Gasteiger charge is -2.27. The highest BCUT2D eigenvalue weighted by Gasteiger charge is 2.34. The average molecular weight is 362 g/mol. The van der Waals surface area contributed by atoms with Crippen LogP contribution < -0.4 is 10.2 Å². The van der Waals surface area contributed by atoms with E-state index in [4.69, 9.17) is 9.72 Å². The fourth-order valence-corrected chi connectivity index (χ4v) is 3.25. The molecule has 1 saturated heterocycles. The summed E-state index contributed by atoms with van der Waals surface area (Å²) in [6.45, 7) is 9.30. The number of fused-ring (bicyclic) bond motifs is 1. The van der Waals surface area contributed by atoms with Gasteiger partial charge in [0.15, 0.2) is 0 Å². The Bertz CT molecular complexity index is 643. The molecule has 0 aromatic carbocycles. The van der Waals surface area contributed by atoms with Crippen molar-refractivity contribution < 1.29 is 9.53 Å². The summed E-state index contributed by atoms with van der Waals surface area (Å²) in [7, 11) is 4.14. The molecule has 2 aliphatic heterocycles. The van der Waals surface area contributed by atoms with Crippen molar-refractivity contribution in [1.82, 2.24) is 19.8 Å². The maximum absolute atomic E-state index is 12.8. The number of amides is 1. The standard InChI is InChI=1S/C18H30N6O2/c1-13(2)24-12-14-15(17(24)25)20-18(23-8-10-26-11-9-23)21-16(14)19-6-5-7-22(3)4/h13H,5-12H2,1-4H3,(H,19,20,21). The van der Waals surface area contributed by atoms with Gasteiger partial charge in [0, 0.05) is 31.2 Å². The Morgan fingerprint density at radius 1 is 1.23 bits per heavy atom. The number of morpholine rings is 1. The molecule has 3 rings (SSSR count). The van der Waals surface area contributed by atoms with Crippen LogP contribution in [0.4, 0.5) is 11.8 Å². The Balaban J connectivity index is 1.85. The highest BCUT2D eigenvalue weighted by Crippen LogP contribution is 2.30. The minimum absolute atomic E-state index is 0.00301. The number of nitrogens with one attached hydrogen (secondary N) is 1. The van der Waals surface area contributed by atoms with Crippen molar-refractivity contribution in [3.63, 3.8) is 0 Å². The lowest BCUT2D eigenvalue weighted by Crippen LogP contribution is -2.37. The third-order valence-corrected chi connectivity index (χ3v) is 4.78. The molecule has 0 bridgehead atoms. The third-order valence-electron chi connectivity index (χ3n) is 4.78. The van der Waals surface area contributed by atoms with Gasteiger partial charge in [-0.25, -0.2) is 4.98 Å². The molecule has 1 N–H and O–H groups in total. The van der Waals surface area contributed by atoms with E-state index in [9.17, 15) is 4.79 Å². The van der Waals surface area contributed by atoms with Crippen molar-refractivity contribution in [2.45, 2.75) is 32.9 Å². The molecular weight excluding hydrogens is 332 g/mol. The van der Waals surface area contributed by atoms with Crippen LogP contribution in [0.25, 0.3) is 0 Å². The second-order valence-corrected chi connectivity index (χ2v) is 7.41. The van der Waals surface area contributed by atoms with Crippen molar-refractivity contribution in [1.29, 1.82) is 0 Å². The Kier molecular flexibility index (Phi) is 5.93. The van der Waals surface area contributed by atoms with Gasteiger partial charge in [0.25, 0.3) is 5.91 Å². The highest BCUT2D eigenvalue weighted by atomic mass is 16.5. The number of carbonyl (C=O) groups is 1. The maximum Gasteiger partial charge on any atom is 0.273 e. The first-order valence-corrected chi connectivity index (χ1v) is 9.40. The van der Waals surface area contributed by atoms with Crippen LogP contribution in [0.2, 0.25) is 0 Å². The lowest BCUT2D eigenvalue weighted by atomic mass is 10.2. The van der Waals surface area contributed by atoms with Crippen LogP contribution in [0.15, 0.2) is 0 Å². The second kappa shape index (κ2) is 8.18. The van der Waals surface area contributed by atoms with E-state index in [0.717, 1.165) is 44.0 Å². The van der Waals surface area contributed by atoms with Crippen LogP contribution in [0.3, 0.4) is 0 Å². The van der Waals surface area contributed by atoms with Gasteiger partial charge in [0.2, 0.25) is 5.95 Å². The molecule has 144 valence electrons. The van der Waals surface area contributed by atoms with Gasteiger partial charge in [-0.3, -0.25) is 4.79 Å². The van der Waals surface area contributed by atoms with Crippen molar-refractivity contribution in [3.05, 3.63) is 11.3 Å². The van der Waals surface area contributed by atoms with E-state index in [0.29, 0.717) is 31.4 Å². The van der Waals surface area contributed by atoms with Crippen LogP contribution in [0.1, 0.15) is 36.3 Å². The summed E-state index contributed by atoms with van der Waals surface area (Å²) >= 11 is 0. The summed E-state index contributed by atoms with van der Waals surface area (Å²) in [6, 6.07) is 0.144. The Labute approximate surface area is 155 Å². The number of hydrogen-bond acceptors (Lipinski definition) is 7. The Morgan fingerprint density at radius 2 is 1.96 bits per heavy atom. The molecule has 26 heavy (non-hydrogen) atoms. The topological polar surface area (TPSA) is 73.8 Å². The minimum Gasteiger partial charge on any atom is -0.378 e. The van der Waals surface area contributed by atoms with E-state index in [1.54, 1.807) is 0 Å². The normalized spacial score (nSPS) is 17.4. The zero-order valence-corrected chi connectivity index (χ0v) is 16.3. The van der Waals surface area contributed by atoms with Crippen LogP contribution in [-0.4, -0.2) is 85.2 Å². The number of ether oxygens (including phenoxy) is 1. The number of aromatic nitrogens is 2. The van der Waals surface area contributed by atoms with Gasteiger partial charge in [0.05, 0.1) is 19.8 Å². The lowest BCUT2D eigenvalue weighted by molar-refractivity contribution is 0.0726. The second-order valence-electron chi connectivity index (χ2n) is 7.41. The monoisotopic (exact) mass is 362 g/mol. The SMILES string of the molecule is CC(C)N1Cc2c(NCCCN(C)C)nc(N3CCOCC3)nc2C1=O. The van der Waals surface area contributed by atoms with E-state index in [2.05, 4.69) is 34.2 Å². The smallest absolute Gasteiger partial charge is 0.273 e. The van der Waals surface area contributed by atoms with Crippen LogP contribution in [0, 0.1) is 0 Å². The highest BCUT2D eigenvalue weighted by molar-refractivity contribution is 5.98. The molecule has 1 fully saturated rings. The number of nitrogens with zero attached hydrogens (tertiary/aromatic N) is 5. The molecule has 0 saturated carbocycles. The molecule has 8 heteroatoms. The zero-order valence-electron chi connectivity index (χ0n) is 16.3. The minimum atomic E-state index is 0.00301. The molecule has 0 unspecified atom stereocenters. The molecule has 8 nitrogen and oxygen atoms in total. The largest absolute Gasteiger partial charge is 0.378 e. The van der Waals surface area contributed by atoms with Gasteiger partial charge < -0.3 is 24.8 Å². The van der Waals surface area contributed by atoms with E-state index in [1.807, 2.05) is 18.7 Å². The molecule has 0 aliphatic carbocycles. The van der Waals surface area contributed by atoms with Crippen LogP contribution >= 0.6 is 0 Å². The number of hydrogen-bond donors (Lipinski definition) is 1. The van der Waals surface area contributed by atoms with Crippen molar-refractivity contribution >= 4 is 17.7 Å². The van der Waals surface area contributed by atoms with Gasteiger partial charge in [-0.15, -0.1) is 0 Å². The fraction of sp³-hybridized carbons (Fsp3) is 0.722.